The van der Waals surface area contributed by atoms with Crippen molar-refractivity contribution < 1.29 is 23.5 Å². The zero-order valence-corrected chi connectivity index (χ0v) is 19.8. The summed E-state index contributed by atoms with van der Waals surface area (Å²) < 4.78 is 25.9. The van der Waals surface area contributed by atoms with Crippen LogP contribution in [0.4, 0.5) is 10.1 Å². The molecule has 1 fully saturated rings. The number of carbonyl (C=O) groups excluding carboxylic acids is 2. The van der Waals surface area contributed by atoms with Gasteiger partial charge in [0.15, 0.2) is 5.11 Å². The minimum Gasteiger partial charge on any atom is -0.497 e. The Balaban J connectivity index is 1.77. The number of hydrogen-bond donors (Lipinski definition) is 1. The van der Waals surface area contributed by atoms with Crippen LogP contribution >= 0.6 is 12.2 Å². The monoisotopic (exact) mass is 479 g/mol. The Morgan fingerprint density at radius 1 is 1.00 bits per heavy atom. The normalized spacial score (nSPS) is 15.0. The predicted octanol–water partition coefficient (Wildman–Crippen LogP) is 4.08. The SMILES string of the molecule is COc1ccc(N2C(=O)/C(=C\c3cc(C)n(-c4ccc(F)cc4)c3C)C(=O)NC2=S)c(OC)c1. The zero-order valence-electron chi connectivity index (χ0n) is 19.0. The van der Waals surface area contributed by atoms with Crippen LogP contribution in [0.3, 0.4) is 0 Å². The van der Waals surface area contributed by atoms with Crippen molar-refractivity contribution in [3.8, 4) is 17.2 Å². The summed E-state index contributed by atoms with van der Waals surface area (Å²) in [7, 11) is 2.99. The molecule has 3 aromatic rings. The fraction of sp³-hybridized carbons (Fsp3) is 0.160. The second-order valence-corrected chi connectivity index (χ2v) is 8.02. The van der Waals surface area contributed by atoms with Gasteiger partial charge in [0.05, 0.1) is 19.9 Å². The highest BCUT2D eigenvalue weighted by Gasteiger charge is 2.36. The lowest BCUT2D eigenvalue weighted by Crippen LogP contribution is -2.54. The van der Waals surface area contributed by atoms with E-state index in [-0.39, 0.29) is 16.5 Å². The molecule has 1 N–H and O–H groups in total. The second-order valence-electron chi connectivity index (χ2n) is 7.63. The maximum Gasteiger partial charge on any atom is 0.270 e. The van der Waals surface area contributed by atoms with Crippen molar-refractivity contribution in [2.45, 2.75) is 13.8 Å². The van der Waals surface area contributed by atoms with Gasteiger partial charge in [-0.15, -0.1) is 0 Å². The smallest absolute Gasteiger partial charge is 0.270 e. The van der Waals surface area contributed by atoms with E-state index in [9.17, 15) is 14.0 Å². The third-order valence-electron chi connectivity index (χ3n) is 5.58. The van der Waals surface area contributed by atoms with Crippen molar-refractivity contribution in [3.63, 3.8) is 0 Å². The molecule has 2 heterocycles. The molecular formula is C25H22FN3O4S. The number of amides is 2. The molecule has 34 heavy (non-hydrogen) atoms. The van der Waals surface area contributed by atoms with Crippen molar-refractivity contribution in [2.75, 3.05) is 19.1 Å². The number of nitrogens with one attached hydrogen (secondary N) is 1. The minimum atomic E-state index is -0.592. The number of nitrogens with zero attached hydrogens (tertiary/aromatic N) is 2. The van der Waals surface area contributed by atoms with E-state index in [1.807, 2.05) is 24.5 Å². The van der Waals surface area contributed by atoms with Gasteiger partial charge in [-0.3, -0.25) is 14.9 Å². The van der Waals surface area contributed by atoms with Crippen LogP contribution < -0.4 is 19.7 Å². The van der Waals surface area contributed by atoms with Crippen LogP contribution in [0.5, 0.6) is 11.5 Å². The van der Waals surface area contributed by atoms with Gasteiger partial charge in [0.25, 0.3) is 11.8 Å². The van der Waals surface area contributed by atoms with E-state index in [0.29, 0.717) is 22.7 Å². The molecule has 1 aliphatic heterocycles. The van der Waals surface area contributed by atoms with E-state index >= 15 is 0 Å². The minimum absolute atomic E-state index is 0.0487. The van der Waals surface area contributed by atoms with Gasteiger partial charge < -0.3 is 14.0 Å². The molecule has 0 unspecified atom stereocenters. The molecule has 9 heteroatoms. The first-order chi connectivity index (χ1) is 16.2. The quantitative estimate of drug-likeness (QED) is 0.339. The number of thiocarbonyl (C=S) groups is 1. The van der Waals surface area contributed by atoms with Crippen molar-refractivity contribution >= 4 is 40.9 Å². The van der Waals surface area contributed by atoms with E-state index in [2.05, 4.69) is 5.32 Å². The first-order valence-electron chi connectivity index (χ1n) is 10.3. The standard InChI is InChI=1S/C25H22FN3O4S/c1-14-11-16(15(2)28(14)18-7-5-17(26)6-8-18)12-20-23(30)27-25(34)29(24(20)31)21-10-9-19(32-3)13-22(21)33-4/h5-13H,1-4H3,(H,27,30,34)/b20-12-. The van der Waals surface area contributed by atoms with E-state index in [1.165, 1.54) is 37.3 Å². The lowest BCUT2D eigenvalue weighted by Gasteiger charge is -2.30. The Kier molecular flexibility index (Phi) is 6.21. The van der Waals surface area contributed by atoms with Crippen LogP contribution in [0.1, 0.15) is 17.0 Å². The molecule has 4 rings (SSSR count). The van der Waals surface area contributed by atoms with Gasteiger partial charge in [0.1, 0.15) is 22.9 Å². The summed E-state index contributed by atoms with van der Waals surface area (Å²) in [6.45, 7) is 3.76. The molecule has 1 saturated heterocycles. The summed E-state index contributed by atoms with van der Waals surface area (Å²) in [5.41, 5.74) is 3.40. The number of rotatable bonds is 5. The van der Waals surface area contributed by atoms with Crippen LogP contribution in [0.15, 0.2) is 54.1 Å². The number of benzene rings is 2. The Labute approximate surface area is 201 Å². The summed E-state index contributed by atoms with van der Waals surface area (Å²) in [5.74, 6) is -0.596. The molecule has 0 saturated carbocycles. The average Bonchev–Trinajstić information content (AvgIpc) is 3.10. The van der Waals surface area contributed by atoms with Gasteiger partial charge in [-0.05, 0) is 80.2 Å². The van der Waals surface area contributed by atoms with Crippen molar-refractivity contribution in [3.05, 3.63) is 76.9 Å². The Hall–Kier alpha value is -3.98. The van der Waals surface area contributed by atoms with Crippen LogP contribution in [0, 0.1) is 19.7 Å². The Morgan fingerprint density at radius 2 is 1.71 bits per heavy atom. The molecular weight excluding hydrogens is 457 g/mol. The van der Waals surface area contributed by atoms with Gasteiger partial charge in [0.2, 0.25) is 0 Å². The molecule has 0 radical (unpaired) electrons. The highest BCUT2D eigenvalue weighted by atomic mass is 32.1. The molecule has 2 amide bonds. The highest BCUT2D eigenvalue weighted by molar-refractivity contribution is 7.80. The number of methoxy groups -OCH3 is 2. The van der Waals surface area contributed by atoms with E-state index < -0.39 is 11.8 Å². The molecule has 2 aromatic carbocycles. The van der Waals surface area contributed by atoms with Crippen LogP contribution in [0.2, 0.25) is 0 Å². The van der Waals surface area contributed by atoms with Gasteiger partial charge in [-0.1, -0.05) is 0 Å². The predicted molar refractivity (Wildman–Crippen MR) is 131 cm³/mol. The number of aryl methyl sites for hydroxylation is 1. The molecule has 0 atom stereocenters. The van der Waals surface area contributed by atoms with Crippen LogP contribution in [-0.2, 0) is 9.59 Å². The lowest BCUT2D eigenvalue weighted by atomic mass is 10.1. The molecule has 1 aromatic heterocycles. The Bertz CT molecular complexity index is 1340. The maximum atomic E-state index is 13.5. The van der Waals surface area contributed by atoms with E-state index in [1.54, 1.807) is 30.3 Å². The van der Waals surface area contributed by atoms with Crippen molar-refractivity contribution in [1.29, 1.82) is 0 Å². The average molecular weight is 480 g/mol. The van der Waals surface area contributed by atoms with E-state index in [4.69, 9.17) is 21.7 Å². The molecule has 1 aliphatic rings. The number of ether oxygens (including phenoxy) is 2. The molecule has 174 valence electrons. The van der Waals surface area contributed by atoms with Gasteiger partial charge in [-0.2, -0.15) is 0 Å². The van der Waals surface area contributed by atoms with Crippen molar-refractivity contribution in [1.82, 2.24) is 9.88 Å². The topological polar surface area (TPSA) is 72.8 Å². The number of carbonyl (C=O) groups is 2. The molecule has 0 spiro atoms. The largest absolute Gasteiger partial charge is 0.497 e. The number of halogens is 1. The third-order valence-corrected chi connectivity index (χ3v) is 5.87. The summed E-state index contributed by atoms with van der Waals surface area (Å²) in [5, 5.41) is 2.53. The lowest BCUT2D eigenvalue weighted by molar-refractivity contribution is -0.122. The number of anilines is 1. The summed E-state index contributed by atoms with van der Waals surface area (Å²) in [4.78, 5) is 27.4. The summed E-state index contributed by atoms with van der Waals surface area (Å²) in [6.07, 6.45) is 1.53. The molecule has 0 aliphatic carbocycles. The van der Waals surface area contributed by atoms with Gasteiger partial charge >= 0.3 is 0 Å². The fourth-order valence-corrected chi connectivity index (χ4v) is 4.20. The Morgan fingerprint density at radius 3 is 2.35 bits per heavy atom. The second kappa shape index (κ2) is 9.11. The summed E-state index contributed by atoms with van der Waals surface area (Å²) >= 11 is 5.30. The maximum absolute atomic E-state index is 13.5. The van der Waals surface area contributed by atoms with E-state index in [0.717, 1.165) is 17.1 Å². The van der Waals surface area contributed by atoms with Crippen molar-refractivity contribution in [2.24, 2.45) is 0 Å². The van der Waals surface area contributed by atoms with Crippen LogP contribution in [-0.4, -0.2) is 35.7 Å². The fourth-order valence-electron chi connectivity index (χ4n) is 3.92. The molecule has 0 bridgehead atoms. The highest BCUT2D eigenvalue weighted by Crippen LogP contribution is 2.34. The van der Waals surface area contributed by atoms with Gasteiger partial charge in [0, 0.05) is 23.1 Å². The van der Waals surface area contributed by atoms with Crippen LogP contribution in [0.25, 0.3) is 11.8 Å². The summed E-state index contributed by atoms with van der Waals surface area (Å²) in [6, 6.07) is 12.9. The first kappa shape index (κ1) is 23.2. The van der Waals surface area contributed by atoms with Gasteiger partial charge in [-0.25, -0.2) is 9.29 Å². The number of aromatic nitrogens is 1. The first-order valence-corrected chi connectivity index (χ1v) is 10.7. The molecule has 7 nitrogen and oxygen atoms in total. The number of hydrogen-bond acceptors (Lipinski definition) is 5. The zero-order chi connectivity index (χ0) is 24.6. The third kappa shape index (κ3) is 4.06.